The minimum Gasteiger partial charge on any atom is -0.314 e. The van der Waals surface area contributed by atoms with Gasteiger partial charge in [0, 0.05) is 24.4 Å². The van der Waals surface area contributed by atoms with Crippen LogP contribution >= 0.6 is 11.8 Å². The standard InChI is InChI=1S/C17H28N2S/c1-14(13-20-3)19(2)12-16-6-4-15(5-7-16)10-11-18-17-8-9-17/h4-7,14,17-18H,8-13H2,1-3H3. The van der Waals surface area contributed by atoms with Gasteiger partial charge in [-0.15, -0.1) is 0 Å². The van der Waals surface area contributed by atoms with Gasteiger partial charge in [-0.05, 0) is 57.2 Å². The molecule has 1 aliphatic carbocycles. The average Bonchev–Trinajstić information content (AvgIpc) is 3.25. The van der Waals surface area contributed by atoms with E-state index < -0.39 is 0 Å². The van der Waals surface area contributed by atoms with E-state index in [1.807, 2.05) is 11.8 Å². The monoisotopic (exact) mass is 292 g/mol. The topological polar surface area (TPSA) is 15.3 Å². The molecule has 3 heteroatoms. The fourth-order valence-corrected chi connectivity index (χ4v) is 3.07. The first-order valence-corrected chi connectivity index (χ1v) is 9.09. The number of hydrogen-bond donors (Lipinski definition) is 1. The summed E-state index contributed by atoms with van der Waals surface area (Å²) in [5, 5.41) is 3.57. The maximum absolute atomic E-state index is 3.57. The molecule has 1 aliphatic rings. The van der Waals surface area contributed by atoms with Gasteiger partial charge in [-0.2, -0.15) is 11.8 Å². The number of nitrogens with zero attached hydrogens (tertiary/aromatic N) is 1. The molecule has 0 heterocycles. The molecule has 1 saturated carbocycles. The van der Waals surface area contributed by atoms with Gasteiger partial charge in [0.15, 0.2) is 0 Å². The quantitative estimate of drug-likeness (QED) is 0.752. The molecule has 112 valence electrons. The lowest BCUT2D eigenvalue weighted by Crippen LogP contribution is -2.30. The zero-order chi connectivity index (χ0) is 14.4. The number of hydrogen-bond acceptors (Lipinski definition) is 3. The van der Waals surface area contributed by atoms with Crippen molar-refractivity contribution in [1.82, 2.24) is 10.2 Å². The summed E-state index contributed by atoms with van der Waals surface area (Å²) in [6.07, 6.45) is 6.07. The predicted octanol–water partition coefficient (Wildman–Crippen LogP) is 3.16. The van der Waals surface area contributed by atoms with Crippen LogP contribution in [0.2, 0.25) is 0 Å². The first-order valence-electron chi connectivity index (χ1n) is 7.69. The molecule has 0 amide bonds. The van der Waals surface area contributed by atoms with Crippen molar-refractivity contribution in [2.24, 2.45) is 0 Å². The molecule has 0 aliphatic heterocycles. The van der Waals surface area contributed by atoms with Crippen molar-refractivity contribution in [3.05, 3.63) is 35.4 Å². The van der Waals surface area contributed by atoms with Crippen molar-refractivity contribution >= 4 is 11.8 Å². The van der Waals surface area contributed by atoms with Gasteiger partial charge in [-0.25, -0.2) is 0 Å². The molecule has 1 aromatic rings. The van der Waals surface area contributed by atoms with Gasteiger partial charge in [0.25, 0.3) is 0 Å². The highest BCUT2D eigenvalue weighted by Gasteiger charge is 2.19. The molecular formula is C17H28N2S. The van der Waals surface area contributed by atoms with Crippen LogP contribution in [-0.2, 0) is 13.0 Å². The average molecular weight is 292 g/mol. The van der Waals surface area contributed by atoms with Crippen LogP contribution in [0.5, 0.6) is 0 Å². The summed E-state index contributed by atoms with van der Waals surface area (Å²) in [6.45, 7) is 4.46. The van der Waals surface area contributed by atoms with Gasteiger partial charge < -0.3 is 5.32 Å². The Bertz CT molecular complexity index is 386. The van der Waals surface area contributed by atoms with Gasteiger partial charge in [-0.3, -0.25) is 4.90 Å². The van der Waals surface area contributed by atoms with E-state index in [2.05, 4.69) is 54.7 Å². The van der Waals surface area contributed by atoms with E-state index in [1.54, 1.807) is 0 Å². The van der Waals surface area contributed by atoms with Crippen LogP contribution in [0.25, 0.3) is 0 Å². The Kier molecular flexibility index (Phi) is 6.40. The highest BCUT2D eigenvalue weighted by molar-refractivity contribution is 7.98. The molecule has 1 fully saturated rings. The minimum atomic E-state index is 0.632. The molecule has 0 aromatic heterocycles. The fraction of sp³-hybridized carbons (Fsp3) is 0.647. The van der Waals surface area contributed by atoms with Crippen LogP contribution < -0.4 is 5.32 Å². The first-order chi connectivity index (χ1) is 9.69. The highest BCUT2D eigenvalue weighted by atomic mass is 32.2. The first kappa shape index (κ1) is 15.9. The summed E-state index contributed by atoms with van der Waals surface area (Å²) >= 11 is 1.92. The van der Waals surface area contributed by atoms with E-state index in [0.29, 0.717) is 6.04 Å². The molecule has 0 bridgehead atoms. The largest absolute Gasteiger partial charge is 0.314 e. The Hall–Kier alpha value is -0.510. The lowest BCUT2D eigenvalue weighted by molar-refractivity contribution is 0.270. The summed E-state index contributed by atoms with van der Waals surface area (Å²) < 4.78 is 0. The van der Waals surface area contributed by atoms with Crippen molar-refractivity contribution < 1.29 is 0 Å². The Morgan fingerprint density at radius 1 is 1.25 bits per heavy atom. The lowest BCUT2D eigenvalue weighted by atomic mass is 10.1. The zero-order valence-corrected chi connectivity index (χ0v) is 13.9. The number of rotatable bonds is 9. The molecule has 20 heavy (non-hydrogen) atoms. The normalized spacial score (nSPS) is 16.6. The summed E-state index contributed by atoms with van der Waals surface area (Å²) in [4.78, 5) is 2.43. The molecule has 2 rings (SSSR count). The Morgan fingerprint density at radius 2 is 1.90 bits per heavy atom. The van der Waals surface area contributed by atoms with E-state index >= 15 is 0 Å². The molecule has 1 unspecified atom stereocenters. The Balaban J connectivity index is 1.74. The summed E-state index contributed by atoms with van der Waals surface area (Å²) in [5.74, 6) is 1.20. The molecule has 1 atom stereocenters. The van der Waals surface area contributed by atoms with Crippen LogP contribution in [-0.4, -0.2) is 42.6 Å². The van der Waals surface area contributed by atoms with Gasteiger partial charge >= 0.3 is 0 Å². The van der Waals surface area contributed by atoms with Crippen LogP contribution in [0.15, 0.2) is 24.3 Å². The van der Waals surface area contributed by atoms with Gasteiger partial charge in [0.1, 0.15) is 0 Å². The second-order valence-corrected chi connectivity index (χ2v) is 6.93. The van der Waals surface area contributed by atoms with E-state index in [9.17, 15) is 0 Å². The SMILES string of the molecule is CSCC(C)N(C)Cc1ccc(CCNC2CC2)cc1. The summed E-state index contributed by atoms with van der Waals surface area (Å²) in [6, 6.07) is 10.6. The molecule has 0 radical (unpaired) electrons. The highest BCUT2D eigenvalue weighted by Crippen LogP contribution is 2.18. The number of benzene rings is 1. The lowest BCUT2D eigenvalue weighted by Gasteiger charge is -2.24. The molecule has 0 spiro atoms. The minimum absolute atomic E-state index is 0.632. The van der Waals surface area contributed by atoms with E-state index in [4.69, 9.17) is 0 Å². The second-order valence-electron chi connectivity index (χ2n) is 6.01. The summed E-state index contributed by atoms with van der Waals surface area (Å²) in [7, 11) is 2.22. The van der Waals surface area contributed by atoms with Crippen molar-refractivity contribution in [2.45, 2.75) is 44.8 Å². The predicted molar refractivity (Wildman–Crippen MR) is 90.5 cm³/mol. The summed E-state index contributed by atoms with van der Waals surface area (Å²) in [5.41, 5.74) is 2.86. The van der Waals surface area contributed by atoms with Crippen LogP contribution in [0, 0.1) is 0 Å². The fourth-order valence-electron chi connectivity index (χ4n) is 2.33. The molecular weight excluding hydrogens is 264 g/mol. The third kappa shape index (κ3) is 5.47. The van der Waals surface area contributed by atoms with E-state index in [0.717, 1.165) is 25.6 Å². The molecule has 1 N–H and O–H groups in total. The van der Waals surface area contributed by atoms with Crippen LogP contribution in [0.4, 0.5) is 0 Å². The number of thioether (sulfide) groups is 1. The van der Waals surface area contributed by atoms with Gasteiger partial charge in [-0.1, -0.05) is 24.3 Å². The van der Waals surface area contributed by atoms with Crippen LogP contribution in [0.3, 0.4) is 0 Å². The third-order valence-electron chi connectivity index (χ3n) is 4.04. The molecule has 1 aromatic carbocycles. The van der Waals surface area contributed by atoms with Crippen molar-refractivity contribution in [3.63, 3.8) is 0 Å². The molecule has 0 saturated heterocycles. The Morgan fingerprint density at radius 3 is 2.50 bits per heavy atom. The zero-order valence-electron chi connectivity index (χ0n) is 13.1. The van der Waals surface area contributed by atoms with Crippen molar-refractivity contribution in [3.8, 4) is 0 Å². The van der Waals surface area contributed by atoms with Crippen LogP contribution in [0.1, 0.15) is 30.9 Å². The third-order valence-corrected chi connectivity index (χ3v) is 4.86. The van der Waals surface area contributed by atoms with Crippen molar-refractivity contribution in [1.29, 1.82) is 0 Å². The molecule has 2 nitrogen and oxygen atoms in total. The second kappa shape index (κ2) is 8.06. The van der Waals surface area contributed by atoms with Crippen molar-refractivity contribution in [2.75, 3.05) is 25.6 Å². The Labute approximate surface area is 128 Å². The maximum atomic E-state index is 3.57. The van der Waals surface area contributed by atoms with E-state index in [1.165, 1.54) is 29.7 Å². The van der Waals surface area contributed by atoms with Gasteiger partial charge in [0.2, 0.25) is 0 Å². The maximum Gasteiger partial charge on any atom is 0.0233 e. The van der Waals surface area contributed by atoms with E-state index in [-0.39, 0.29) is 0 Å². The van der Waals surface area contributed by atoms with Gasteiger partial charge in [0.05, 0.1) is 0 Å². The smallest absolute Gasteiger partial charge is 0.0233 e. The number of nitrogens with one attached hydrogen (secondary N) is 1.